The van der Waals surface area contributed by atoms with Crippen LogP contribution in [0.2, 0.25) is 0 Å². The van der Waals surface area contributed by atoms with Crippen LogP contribution in [0.3, 0.4) is 0 Å². The lowest BCUT2D eigenvalue weighted by molar-refractivity contribution is -0.147. The fourth-order valence-corrected chi connectivity index (χ4v) is 1.89. The molecule has 1 fully saturated rings. The molecular formula is C13H13N3O3. The number of benzene rings is 1. The molecule has 98 valence electrons. The first-order chi connectivity index (χ1) is 9.15. The van der Waals surface area contributed by atoms with Crippen LogP contribution in [-0.4, -0.2) is 36.9 Å². The summed E-state index contributed by atoms with van der Waals surface area (Å²) in [5.41, 5.74) is 1.17. The van der Waals surface area contributed by atoms with E-state index < -0.39 is 0 Å². The zero-order valence-electron chi connectivity index (χ0n) is 10.5. The predicted molar refractivity (Wildman–Crippen MR) is 66.1 cm³/mol. The Kier molecular flexibility index (Phi) is 3.78. The second kappa shape index (κ2) is 5.50. The lowest BCUT2D eigenvalue weighted by Gasteiger charge is -2.25. The molecule has 1 aliphatic rings. The van der Waals surface area contributed by atoms with Crippen molar-refractivity contribution in [2.24, 2.45) is 0 Å². The molecule has 0 aliphatic carbocycles. The molecule has 2 amide bonds. The van der Waals surface area contributed by atoms with Crippen LogP contribution in [0.1, 0.15) is 11.1 Å². The van der Waals surface area contributed by atoms with E-state index in [-0.39, 0.29) is 31.4 Å². The molecule has 0 bridgehead atoms. The number of methoxy groups -OCH3 is 1. The highest BCUT2D eigenvalue weighted by molar-refractivity contribution is 5.99. The van der Waals surface area contributed by atoms with Crippen LogP contribution in [-0.2, 0) is 16.1 Å². The van der Waals surface area contributed by atoms with E-state index in [1.807, 2.05) is 6.07 Å². The Bertz CT molecular complexity index is 547. The highest BCUT2D eigenvalue weighted by Gasteiger charge is 2.25. The van der Waals surface area contributed by atoms with Gasteiger partial charge >= 0.3 is 0 Å². The van der Waals surface area contributed by atoms with Gasteiger partial charge in [-0.05, 0) is 17.7 Å². The first kappa shape index (κ1) is 13.1. The van der Waals surface area contributed by atoms with Gasteiger partial charge in [0.05, 0.1) is 32.3 Å². The largest absolute Gasteiger partial charge is 0.495 e. The monoisotopic (exact) mass is 259 g/mol. The molecule has 0 spiro atoms. The number of hydrogen-bond acceptors (Lipinski definition) is 5. The third-order valence-electron chi connectivity index (χ3n) is 2.88. The van der Waals surface area contributed by atoms with E-state index in [0.717, 1.165) is 5.56 Å². The normalized spacial score (nSPS) is 15.3. The minimum atomic E-state index is -0.250. The van der Waals surface area contributed by atoms with E-state index in [4.69, 9.17) is 10.00 Å². The molecule has 1 N–H and O–H groups in total. The molecule has 6 heteroatoms. The predicted octanol–water partition coefficient (Wildman–Crippen LogP) is 0.0253. The SMILES string of the molecule is COc1cc(CN2C(=O)CNCC2=O)ccc1C#N. The summed E-state index contributed by atoms with van der Waals surface area (Å²) in [6, 6.07) is 7.01. The molecule has 6 nitrogen and oxygen atoms in total. The topological polar surface area (TPSA) is 82.4 Å². The number of piperazine rings is 1. The van der Waals surface area contributed by atoms with Crippen molar-refractivity contribution in [3.05, 3.63) is 29.3 Å². The van der Waals surface area contributed by atoms with Crippen LogP contribution in [0.15, 0.2) is 18.2 Å². The van der Waals surface area contributed by atoms with E-state index in [0.29, 0.717) is 11.3 Å². The summed E-state index contributed by atoms with van der Waals surface area (Å²) in [6.45, 7) is 0.528. The number of carbonyl (C=O) groups is 2. The highest BCUT2D eigenvalue weighted by Crippen LogP contribution is 2.20. The molecule has 1 heterocycles. The maximum Gasteiger partial charge on any atom is 0.243 e. The number of rotatable bonds is 3. The van der Waals surface area contributed by atoms with Crippen LogP contribution >= 0.6 is 0 Å². The van der Waals surface area contributed by atoms with Crippen molar-refractivity contribution in [3.63, 3.8) is 0 Å². The molecule has 2 rings (SSSR count). The summed E-state index contributed by atoms with van der Waals surface area (Å²) in [5.74, 6) is -0.0609. The fraction of sp³-hybridized carbons (Fsp3) is 0.308. The van der Waals surface area contributed by atoms with E-state index in [2.05, 4.69) is 5.32 Å². The van der Waals surface area contributed by atoms with Crippen molar-refractivity contribution in [3.8, 4) is 11.8 Å². The molecular weight excluding hydrogens is 246 g/mol. The molecule has 1 saturated heterocycles. The standard InChI is InChI=1S/C13H13N3O3/c1-19-11-4-9(2-3-10(11)5-14)8-16-12(17)6-15-7-13(16)18/h2-4,15H,6-8H2,1H3. The third-order valence-corrected chi connectivity index (χ3v) is 2.88. The number of amides is 2. The van der Waals surface area contributed by atoms with Gasteiger partial charge < -0.3 is 4.74 Å². The second-order valence-corrected chi connectivity index (χ2v) is 4.12. The Morgan fingerprint density at radius 2 is 2.05 bits per heavy atom. The van der Waals surface area contributed by atoms with Crippen molar-refractivity contribution in [1.29, 1.82) is 5.26 Å². The zero-order chi connectivity index (χ0) is 13.8. The van der Waals surface area contributed by atoms with Gasteiger partial charge in [-0.15, -0.1) is 0 Å². The second-order valence-electron chi connectivity index (χ2n) is 4.12. The Morgan fingerprint density at radius 3 is 2.63 bits per heavy atom. The highest BCUT2D eigenvalue weighted by atomic mass is 16.5. The first-order valence-corrected chi connectivity index (χ1v) is 5.76. The lowest BCUT2D eigenvalue weighted by atomic mass is 10.1. The van der Waals surface area contributed by atoms with Crippen molar-refractivity contribution < 1.29 is 14.3 Å². The quantitative estimate of drug-likeness (QED) is 0.774. The van der Waals surface area contributed by atoms with Gasteiger partial charge in [-0.1, -0.05) is 6.07 Å². The number of nitrogens with zero attached hydrogens (tertiary/aromatic N) is 2. The lowest BCUT2D eigenvalue weighted by Crippen LogP contribution is -2.51. The van der Waals surface area contributed by atoms with Crippen molar-refractivity contribution in [1.82, 2.24) is 10.2 Å². The molecule has 0 atom stereocenters. The number of nitriles is 1. The summed E-state index contributed by atoms with van der Waals surface area (Å²) in [4.78, 5) is 24.5. The van der Waals surface area contributed by atoms with Gasteiger partial charge in [0.25, 0.3) is 0 Å². The minimum absolute atomic E-state index is 0.166. The van der Waals surface area contributed by atoms with E-state index in [1.165, 1.54) is 12.0 Å². The number of hydrogen-bond donors (Lipinski definition) is 1. The van der Waals surface area contributed by atoms with Crippen molar-refractivity contribution >= 4 is 11.8 Å². The van der Waals surface area contributed by atoms with Crippen molar-refractivity contribution in [2.45, 2.75) is 6.54 Å². The molecule has 0 radical (unpaired) electrons. The molecule has 0 aromatic heterocycles. The van der Waals surface area contributed by atoms with E-state index >= 15 is 0 Å². The average Bonchev–Trinajstić information content (AvgIpc) is 2.42. The minimum Gasteiger partial charge on any atom is -0.495 e. The fourth-order valence-electron chi connectivity index (χ4n) is 1.89. The first-order valence-electron chi connectivity index (χ1n) is 5.76. The summed E-state index contributed by atoms with van der Waals surface area (Å²) in [6.07, 6.45) is 0. The van der Waals surface area contributed by atoms with Gasteiger partial charge in [-0.2, -0.15) is 5.26 Å². The molecule has 1 aliphatic heterocycles. The summed E-state index contributed by atoms with van der Waals surface area (Å²) in [7, 11) is 1.47. The molecule has 0 unspecified atom stereocenters. The maximum absolute atomic E-state index is 11.6. The number of ether oxygens (including phenoxy) is 1. The van der Waals surface area contributed by atoms with Crippen LogP contribution in [0.4, 0.5) is 0 Å². The van der Waals surface area contributed by atoms with Gasteiger partial charge in [-0.3, -0.25) is 19.8 Å². The van der Waals surface area contributed by atoms with Gasteiger partial charge in [0, 0.05) is 0 Å². The molecule has 19 heavy (non-hydrogen) atoms. The van der Waals surface area contributed by atoms with Gasteiger partial charge in [0.2, 0.25) is 11.8 Å². The Morgan fingerprint density at radius 1 is 1.37 bits per heavy atom. The molecule has 1 aromatic carbocycles. The van der Waals surface area contributed by atoms with Gasteiger partial charge in [0.15, 0.2) is 0 Å². The van der Waals surface area contributed by atoms with E-state index in [9.17, 15) is 9.59 Å². The van der Waals surface area contributed by atoms with Crippen molar-refractivity contribution in [2.75, 3.05) is 20.2 Å². The zero-order valence-corrected chi connectivity index (χ0v) is 10.5. The van der Waals surface area contributed by atoms with Crippen LogP contribution in [0.5, 0.6) is 5.75 Å². The number of carbonyl (C=O) groups excluding carboxylic acids is 2. The van der Waals surface area contributed by atoms with E-state index in [1.54, 1.807) is 18.2 Å². The van der Waals surface area contributed by atoms with Gasteiger partial charge in [-0.25, -0.2) is 0 Å². The van der Waals surface area contributed by atoms with Crippen LogP contribution in [0, 0.1) is 11.3 Å². The van der Waals surface area contributed by atoms with Gasteiger partial charge in [0.1, 0.15) is 11.8 Å². The van der Waals surface area contributed by atoms with Crippen LogP contribution in [0.25, 0.3) is 0 Å². The van der Waals surface area contributed by atoms with Crippen LogP contribution < -0.4 is 10.1 Å². The number of nitrogens with one attached hydrogen (secondary N) is 1. The molecule has 1 aromatic rings. The summed E-state index contributed by atoms with van der Waals surface area (Å²) >= 11 is 0. The molecule has 0 saturated carbocycles. The Hall–Kier alpha value is -2.39. The smallest absolute Gasteiger partial charge is 0.243 e. The maximum atomic E-state index is 11.6. The number of imide groups is 1. The average molecular weight is 259 g/mol. The third kappa shape index (κ3) is 2.72. The summed E-state index contributed by atoms with van der Waals surface area (Å²) in [5, 5.41) is 11.6. The Labute approximate surface area is 110 Å². The summed E-state index contributed by atoms with van der Waals surface area (Å²) < 4.78 is 5.10. The Balaban J connectivity index is 2.21.